The molecule has 1 aromatic carbocycles. The number of anilines is 1. The van der Waals surface area contributed by atoms with Gasteiger partial charge in [-0.15, -0.1) is 0 Å². The van der Waals surface area contributed by atoms with Gasteiger partial charge in [-0.1, -0.05) is 30.7 Å². The van der Waals surface area contributed by atoms with E-state index in [1.807, 2.05) is 12.1 Å². The third-order valence-corrected chi connectivity index (χ3v) is 3.25. The zero-order chi connectivity index (χ0) is 15.2. The molecule has 0 saturated heterocycles. The standard InChI is InChI=1S/C15H14ClN3OS/c1-2-10-3-5-11(6-4-10)14(20)19-15(21)18-13-8-7-12(16)9-17-13/h3-9H,2H2,1H3,(H2,17,18,19,20,21). The minimum atomic E-state index is -0.260. The number of nitrogens with zero attached hydrogens (tertiary/aromatic N) is 1. The number of aryl methyl sites for hydroxylation is 1. The van der Waals surface area contributed by atoms with Gasteiger partial charge in [0.05, 0.1) is 5.02 Å². The van der Waals surface area contributed by atoms with Crippen molar-refractivity contribution in [3.8, 4) is 0 Å². The SMILES string of the molecule is CCc1ccc(C(=O)NC(=S)Nc2ccc(Cl)cn2)cc1. The molecule has 1 aromatic heterocycles. The maximum atomic E-state index is 12.0. The number of aromatic nitrogens is 1. The number of benzene rings is 1. The molecule has 6 heteroatoms. The Morgan fingerprint density at radius 2 is 1.95 bits per heavy atom. The summed E-state index contributed by atoms with van der Waals surface area (Å²) in [7, 11) is 0. The Bertz CT molecular complexity index is 641. The number of thiocarbonyl (C=S) groups is 1. The third-order valence-electron chi connectivity index (χ3n) is 2.82. The number of amides is 1. The summed E-state index contributed by atoms with van der Waals surface area (Å²) in [4.78, 5) is 16.1. The molecule has 108 valence electrons. The van der Waals surface area contributed by atoms with E-state index in [0.29, 0.717) is 16.4 Å². The first-order valence-electron chi connectivity index (χ1n) is 6.41. The zero-order valence-corrected chi connectivity index (χ0v) is 13.0. The van der Waals surface area contributed by atoms with Gasteiger partial charge < -0.3 is 5.32 Å². The van der Waals surface area contributed by atoms with Gasteiger partial charge in [-0.3, -0.25) is 10.1 Å². The highest BCUT2D eigenvalue weighted by Gasteiger charge is 2.08. The van der Waals surface area contributed by atoms with E-state index >= 15 is 0 Å². The fourth-order valence-corrected chi connectivity index (χ4v) is 1.97. The van der Waals surface area contributed by atoms with E-state index in [9.17, 15) is 4.79 Å². The first-order chi connectivity index (χ1) is 10.1. The maximum absolute atomic E-state index is 12.0. The van der Waals surface area contributed by atoms with Crippen molar-refractivity contribution in [2.75, 3.05) is 5.32 Å². The number of pyridine rings is 1. The summed E-state index contributed by atoms with van der Waals surface area (Å²) >= 11 is 10.8. The van der Waals surface area contributed by atoms with Crippen LogP contribution in [0.2, 0.25) is 5.02 Å². The van der Waals surface area contributed by atoms with Crippen molar-refractivity contribution in [1.82, 2.24) is 10.3 Å². The van der Waals surface area contributed by atoms with Crippen LogP contribution in [-0.4, -0.2) is 16.0 Å². The van der Waals surface area contributed by atoms with Crippen molar-refractivity contribution < 1.29 is 4.79 Å². The van der Waals surface area contributed by atoms with Gasteiger partial charge in [0.1, 0.15) is 5.82 Å². The lowest BCUT2D eigenvalue weighted by atomic mass is 10.1. The normalized spacial score (nSPS) is 10.0. The minimum Gasteiger partial charge on any atom is -0.317 e. The summed E-state index contributed by atoms with van der Waals surface area (Å²) in [5.74, 6) is 0.259. The number of carbonyl (C=O) groups excluding carboxylic acids is 1. The molecule has 4 nitrogen and oxygen atoms in total. The van der Waals surface area contributed by atoms with Crippen molar-refractivity contribution in [3.63, 3.8) is 0 Å². The van der Waals surface area contributed by atoms with Crippen LogP contribution in [0.15, 0.2) is 42.6 Å². The summed E-state index contributed by atoms with van der Waals surface area (Å²) in [5, 5.41) is 6.15. The van der Waals surface area contributed by atoms with Crippen molar-refractivity contribution in [2.45, 2.75) is 13.3 Å². The van der Waals surface area contributed by atoms with Crippen LogP contribution >= 0.6 is 23.8 Å². The topological polar surface area (TPSA) is 54.0 Å². The highest BCUT2D eigenvalue weighted by Crippen LogP contribution is 2.09. The van der Waals surface area contributed by atoms with Gasteiger partial charge in [0, 0.05) is 11.8 Å². The number of hydrogen-bond acceptors (Lipinski definition) is 3. The second-order valence-electron chi connectivity index (χ2n) is 4.32. The second kappa shape index (κ2) is 7.15. The van der Waals surface area contributed by atoms with Gasteiger partial charge in [-0.05, 0) is 48.5 Å². The Hall–Kier alpha value is -1.98. The largest absolute Gasteiger partial charge is 0.317 e. The average Bonchev–Trinajstić information content (AvgIpc) is 2.49. The Morgan fingerprint density at radius 1 is 1.24 bits per heavy atom. The lowest BCUT2D eigenvalue weighted by molar-refractivity contribution is 0.0977. The molecule has 1 amide bonds. The predicted octanol–water partition coefficient (Wildman–Crippen LogP) is 3.42. The Kier molecular flexibility index (Phi) is 5.25. The zero-order valence-electron chi connectivity index (χ0n) is 11.4. The molecule has 0 aliphatic rings. The molecule has 1 heterocycles. The fourth-order valence-electron chi connectivity index (χ4n) is 1.66. The first kappa shape index (κ1) is 15.4. The van der Waals surface area contributed by atoms with E-state index in [2.05, 4.69) is 22.5 Å². The summed E-state index contributed by atoms with van der Waals surface area (Å²) in [6, 6.07) is 10.8. The van der Waals surface area contributed by atoms with Crippen molar-refractivity contribution in [3.05, 3.63) is 58.7 Å². The Morgan fingerprint density at radius 3 is 2.52 bits per heavy atom. The van der Waals surface area contributed by atoms with Crippen LogP contribution in [0.1, 0.15) is 22.8 Å². The Balaban J connectivity index is 1.95. The molecular formula is C15H14ClN3OS. The van der Waals surface area contributed by atoms with Gasteiger partial charge in [-0.25, -0.2) is 4.98 Å². The fraction of sp³-hybridized carbons (Fsp3) is 0.133. The molecule has 0 unspecified atom stereocenters. The quantitative estimate of drug-likeness (QED) is 0.851. The molecule has 21 heavy (non-hydrogen) atoms. The molecule has 0 radical (unpaired) electrons. The molecule has 0 fully saturated rings. The van der Waals surface area contributed by atoms with Crippen LogP contribution in [-0.2, 0) is 6.42 Å². The molecule has 0 atom stereocenters. The minimum absolute atomic E-state index is 0.189. The van der Waals surface area contributed by atoms with E-state index < -0.39 is 0 Å². The van der Waals surface area contributed by atoms with Crippen LogP contribution in [0.4, 0.5) is 5.82 Å². The van der Waals surface area contributed by atoms with E-state index in [0.717, 1.165) is 6.42 Å². The van der Waals surface area contributed by atoms with Gasteiger partial charge >= 0.3 is 0 Å². The average molecular weight is 320 g/mol. The van der Waals surface area contributed by atoms with E-state index in [1.54, 1.807) is 24.3 Å². The van der Waals surface area contributed by atoms with E-state index in [-0.39, 0.29) is 11.0 Å². The molecule has 0 aliphatic carbocycles. The summed E-state index contributed by atoms with van der Waals surface area (Å²) in [6.45, 7) is 2.06. The Labute approximate surface area is 133 Å². The van der Waals surface area contributed by atoms with Crippen LogP contribution in [0.3, 0.4) is 0 Å². The summed E-state index contributed by atoms with van der Waals surface area (Å²) in [6.07, 6.45) is 2.43. The van der Waals surface area contributed by atoms with Crippen LogP contribution in [0, 0.1) is 0 Å². The van der Waals surface area contributed by atoms with Gasteiger partial charge in [0.25, 0.3) is 5.91 Å². The molecule has 0 aliphatic heterocycles. The molecule has 2 aromatic rings. The van der Waals surface area contributed by atoms with E-state index in [4.69, 9.17) is 23.8 Å². The smallest absolute Gasteiger partial charge is 0.257 e. The molecule has 0 spiro atoms. The van der Waals surface area contributed by atoms with E-state index in [1.165, 1.54) is 11.8 Å². The molecule has 2 N–H and O–H groups in total. The second-order valence-corrected chi connectivity index (χ2v) is 5.17. The lowest BCUT2D eigenvalue weighted by Crippen LogP contribution is -2.34. The summed E-state index contributed by atoms with van der Waals surface area (Å²) < 4.78 is 0. The number of rotatable bonds is 3. The van der Waals surface area contributed by atoms with Gasteiger partial charge in [-0.2, -0.15) is 0 Å². The lowest BCUT2D eigenvalue weighted by Gasteiger charge is -2.09. The van der Waals surface area contributed by atoms with Crippen LogP contribution in [0.25, 0.3) is 0 Å². The van der Waals surface area contributed by atoms with Crippen molar-refractivity contribution in [1.29, 1.82) is 0 Å². The number of halogens is 1. The van der Waals surface area contributed by atoms with Crippen molar-refractivity contribution >= 4 is 40.7 Å². The van der Waals surface area contributed by atoms with Gasteiger partial charge in [0.2, 0.25) is 0 Å². The van der Waals surface area contributed by atoms with Crippen molar-refractivity contribution in [2.24, 2.45) is 0 Å². The molecule has 0 bridgehead atoms. The highest BCUT2D eigenvalue weighted by molar-refractivity contribution is 7.80. The van der Waals surface area contributed by atoms with Gasteiger partial charge in [0.15, 0.2) is 5.11 Å². The monoisotopic (exact) mass is 319 g/mol. The highest BCUT2D eigenvalue weighted by atomic mass is 35.5. The van der Waals surface area contributed by atoms with Crippen LogP contribution in [0.5, 0.6) is 0 Å². The molecule has 2 rings (SSSR count). The number of hydrogen-bond donors (Lipinski definition) is 2. The first-order valence-corrected chi connectivity index (χ1v) is 7.20. The summed E-state index contributed by atoms with van der Waals surface area (Å²) in [5.41, 5.74) is 1.73. The third kappa shape index (κ3) is 4.51. The van der Waals surface area contributed by atoms with Crippen LogP contribution < -0.4 is 10.6 Å². The number of carbonyl (C=O) groups is 1. The molecule has 0 saturated carbocycles. The molecular weight excluding hydrogens is 306 g/mol. The predicted molar refractivity (Wildman–Crippen MR) is 88.8 cm³/mol. The maximum Gasteiger partial charge on any atom is 0.257 e. The number of nitrogens with one attached hydrogen (secondary N) is 2.